The highest BCUT2D eigenvalue weighted by molar-refractivity contribution is 6.21. The number of hydrogen-bond acceptors (Lipinski definition) is 4. The minimum atomic E-state index is -0.363. The van der Waals surface area contributed by atoms with Crippen molar-refractivity contribution in [2.45, 2.75) is 44.7 Å². The zero-order chi connectivity index (χ0) is 19.3. The van der Waals surface area contributed by atoms with Gasteiger partial charge in [0.2, 0.25) is 0 Å². The molecule has 0 saturated heterocycles. The van der Waals surface area contributed by atoms with Crippen LogP contribution in [0.4, 0.5) is 0 Å². The Labute approximate surface area is 161 Å². The average molecular weight is 376 g/mol. The van der Waals surface area contributed by atoms with Crippen LogP contribution in [0, 0.1) is 0 Å². The molecule has 1 fully saturated rings. The van der Waals surface area contributed by atoms with Gasteiger partial charge in [-0.2, -0.15) is 0 Å². The van der Waals surface area contributed by atoms with Crippen LogP contribution >= 0.6 is 0 Å². The summed E-state index contributed by atoms with van der Waals surface area (Å²) in [6.07, 6.45) is 10.7. The van der Waals surface area contributed by atoms with E-state index in [1.807, 2.05) is 0 Å². The van der Waals surface area contributed by atoms with Gasteiger partial charge in [0.25, 0.3) is 11.8 Å². The molecule has 2 aromatic heterocycles. The van der Waals surface area contributed by atoms with Gasteiger partial charge in [0.15, 0.2) is 0 Å². The molecule has 0 atom stereocenters. The third-order valence-electron chi connectivity index (χ3n) is 5.86. The lowest BCUT2D eigenvalue weighted by Crippen LogP contribution is -2.38. The van der Waals surface area contributed by atoms with Crippen LogP contribution < -0.4 is 5.69 Å². The number of fused-ring (bicyclic) bond motifs is 2. The number of carbonyl (C=O) groups is 2. The molecule has 0 radical (unpaired) electrons. The maximum atomic E-state index is 12.9. The number of imidazole rings is 1. The van der Waals surface area contributed by atoms with Crippen molar-refractivity contribution in [1.82, 2.24) is 18.9 Å². The lowest BCUT2D eigenvalue weighted by atomic mass is 9.85. The first-order valence-electron chi connectivity index (χ1n) is 9.67. The third kappa shape index (κ3) is 2.50. The van der Waals surface area contributed by atoms with Gasteiger partial charge >= 0.3 is 5.69 Å². The first kappa shape index (κ1) is 16.9. The second kappa shape index (κ2) is 6.44. The molecule has 7 heteroatoms. The molecule has 2 amide bonds. The van der Waals surface area contributed by atoms with E-state index in [2.05, 4.69) is 4.98 Å². The topological polar surface area (TPSA) is 76.7 Å². The van der Waals surface area contributed by atoms with Crippen LogP contribution in [0.15, 0.2) is 47.7 Å². The van der Waals surface area contributed by atoms with Crippen LogP contribution in [0.5, 0.6) is 0 Å². The van der Waals surface area contributed by atoms with Crippen molar-refractivity contribution in [3.63, 3.8) is 0 Å². The van der Waals surface area contributed by atoms with Gasteiger partial charge in [-0.1, -0.05) is 31.4 Å². The largest absolute Gasteiger partial charge is 0.335 e. The summed E-state index contributed by atoms with van der Waals surface area (Å²) in [5.41, 5.74) is 2.16. The SMILES string of the molecule is O=C1c2ccccc2C(=O)N1Cn1cc(C2CCCCC2)c2nccn2c1=O. The van der Waals surface area contributed by atoms with E-state index in [9.17, 15) is 14.4 Å². The van der Waals surface area contributed by atoms with Crippen LogP contribution in [0.1, 0.15) is 64.3 Å². The van der Waals surface area contributed by atoms with Gasteiger partial charge in [0.05, 0.1) is 11.1 Å². The van der Waals surface area contributed by atoms with Crippen molar-refractivity contribution < 1.29 is 9.59 Å². The summed E-state index contributed by atoms with van der Waals surface area (Å²) in [5.74, 6) is -0.387. The maximum absolute atomic E-state index is 12.9. The lowest BCUT2D eigenvalue weighted by Gasteiger charge is -2.24. The van der Waals surface area contributed by atoms with Gasteiger partial charge in [0.1, 0.15) is 12.3 Å². The maximum Gasteiger partial charge on any atom is 0.335 e. The molecule has 0 bridgehead atoms. The lowest BCUT2D eigenvalue weighted by molar-refractivity contribution is 0.0602. The standard InChI is InChI=1S/C21H20N4O3/c26-19-15-8-4-5-9-16(15)20(27)25(19)13-23-12-17(14-6-2-1-3-7-14)18-22-10-11-24(18)21(23)28/h4-5,8-12,14H,1-3,6-7,13H2. The van der Waals surface area contributed by atoms with E-state index in [0.29, 0.717) is 22.7 Å². The van der Waals surface area contributed by atoms with Crippen molar-refractivity contribution in [1.29, 1.82) is 0 Å². The fraction of sp³-hybridized carbons (Fsp3) is 0.333. The van der Waals surface area contributed by atoms with Crippen molar-refractivity contribution in [3.05, 3.63) is 70.0 Å². The van der Waals surface area contributed by atoms with E-state index in [4.69, 9.17) is 0 Å². The van der Waals surface area contributed by atoms with Gasteiger partial charge in [0, 0.05) is 24.2 Å². The minimum Gasteiger partial charge on any atom is -0.281 e. The van der Waals surface area contributed by atoms with Crippen molar-refractivity contribution in [2.75, 3.05) is 0 Å². The average Bonchev–Trinajstić information content (AvgIpc) is 3.31. The Morgan fingerprint density at radius 2 is 1.64 bits per heavy atom. The molecule has 0 N–H and O–H groups in total. The van der Waals surface area contributed by atoms with E-state index in [0.717, 1.165) is 36.1 Å². The molecular formula is C21H20N4O3. The van der Waals surface area contributed by atoms with E-state index >= 15 is 0 Å². The molecule has 1 saturated carbocycles. The highest BCUT2D eigenvalue weighted by atomic mass is 16.2. The Morgan fingerprint density at radius 1 is 0.964 bits per heavy atom. The summed E-state index contributed by atoms with van der Waals surface area (Å²) in [6.45, 7) is -0.0982. The summed E-state index contributed by atoms with van der Waals surface area (Å²) >= 11 is 0. The number of rotatable bonds is 3. The number of benzene rings is 1. The molecular weight excluding hydrogens is 356 g/mol. The molecule has 28 heavy (non-hydrogen) atoms. The first-order valence-corrected chi connectivity index (χ1v) is 9.67. The zero-order valence-corrected chi connectivity index (χ0v) is 15.4. The molecule has 7 nitrogen and oxygen atoms in total. The van der Waals surface area contributed by atoms with Crippen LogP contribution in [-0.4, -0.2) is 30.7 Å². The molecule has 142 valence electrons. The van der Waals surface area contributed by atoms with Gasteiger partial charge < -0.3 is 0 Å². The van der Waals surface area contributed by atoms with Crippen LogP contribution in [-0.2, 0) is 6.67 Å². The molecule has 1 aliphatic carbocycles. The Balaban J connectivity index is 1.57. The Kier molecular flexibility index (Phi) is 3.89. The van der Waals surface area contributed by atoms with E-state index < -0.39 is 0 Å². The molecule has 3 aromatic rings. The number of hydrogen-bond donors (Lipinski definition) is 0. The van der Waals surface area contributed by atoms with Crippen molar-refractivity contribution in [2.24, 2.45) is 0 Å². The second-order valence-electron chi connectivity index (χ2n) is 7.52. The Bertz CT molecular complexity index is 1120. The molecule has 0 spiro atoms. The van der Waals surface area contributed by atoms with Crippen molar-refractivity contribution >= 4 is 17.5 Å². The fourth-order valence-corrected chi connectivity index (χ4v) is 4.41. The quantitative estimate of drug-likeness (QED) is 0.659. The van der Waals surface area contributed by atoms with Gasteiger partial charge in [-0.05, 0) is 30.9 Å². The number of nitrogens with zero attached hydrogens (tertiary/aromatic N) is 4. The number of carbonyl (C=O) groups excluding carboxylic acids is 2. The van der Waals surface area contributed by atoms with E-state index in [-0.39, 0.29) is 24.2 Å². The summed E-state index contributed by atoms with van der Waals surface area (Å²) < 4.78 is 2.97. The minimum absolute atomic E-state index is 0.0982. The van der Waals surface area contributed by atoms with Crippen LogP contribution in [0.2, 0.25) is 0 Å². The fourth-order valence-electron chi connectivity index (χ4n) is 4.41. The molecule has 2 aliphatic rings. The van der Waals surface area contributed by atoms with Crippen molar-refractivity contribution in [3.8, 4) is 0 Å². The first-order chi connectivity index (χ1) is 13.6. The number of aromatic nitrogens is 3. The van der Waals surface area contributed by atoms with E-state index in [1.165, 1.54) is 15.4 Å². The molecule has 1 aromatic carbocycles. The zero-order valence-electron chi connectivity index (χ0n) is 15.4. The summed E-state index contributed by atoms with van der Waals surface area (Å²) in [4.78, 5) is 43.9. The van der Waals surface area contributed by atoms with Crippen LogP contribution in [0.3, 0.4) is 0 Å². The summed E-state index contributed by atoms with van der Waals surface area (Å²) in [5, 5.41) is 0. The Morgan fingerprint density at radius 3 is 2.32 bits per heavy atom. The molecule has 1 aliphatic heterocycles. The van der Waals surface area contributed by atoms with E-state index in [1.54, 1.807) is 42.9 Å². The highest BCUT2D eigenvalue weighted by Crippen LogP contribution is 2.34. The number of imide groups is 1. The monoisotopic (exact) mass is 376 g/mol. The van der Waals surface area contributed by atoms with Gasteiger partial charge in [-0.15, -0.1) is 0 Å². The predicted octanol–water partition coefficient (Wildman–Crippen LogP) is 2.80. The third-order valence-corrected chi connectivity index (χ3v) is 5.86. The molecule has 0 unspecified atom stereocenters. The second-order valence-corrected chi connectivity index (χ2v) is 7.52. The normalized spacial score (nSPS) is 17.5. The Hall–Kier alpha value is -3.22. The van der Waals surface area contributed by atoms with Gasteiger partial charge in [-0.3, -0.25) is 23.5 Å². The highest BCUT2D eigenvalue weighted by Gasteiger charge is 2.35. The number of amides is 2. The predicted molar refractivity (Wildman–Crippen MR) is 102 cm³/mol. The smallest absolute Gasteiger partial charge is 0.281 e. The molecule has 5 rings (SSSR count). The molecule has 3 heterocycles. The summed E-state index contributed by atoms with van der Waals surface area (Å²) in [7, 11) is 0. The van der Waals surface area contributed by atoms with Crippen LogP contribution in [0.25, 0.3) is 5.65 Å². The van der Waals surface area contributed by atoms with Gasteiger partial charge in [-0.25, -0.2) is 9.78 Å². The summed E-state index contributed by atoms with van der Waals surface area (Å²) in [6, 6.07) is 6.76.